The van der Waals surface area contributed by atoms with E-state index in [1.54, 1.807) is 30.3 Å². The van der Waals surface area contributed by atoms with Gasteiger partial charge in [0.2, 0.25) is 0 Å². The second-order valence-electron chi connectivity index (χ2n) is 5.81. The number of carbonyl (C=O) groups is 1. The summed E-state index contributed by atoms with van der Waals surface area (Å²) in [6.45, 7) is 1.69. The van der Waals surface area contributed by atoms with Gasteiger partial charge in [-0.2, -0.15) is 0 Å². The molecule has 1 amide bonds. The zero-order valence-corrected chi connectivity index (χ0v) is 14.5. The summed E-state index contributed by atoms with van der Waals surface area (Å²) in [5, 5.41) is 2.69. The summed E-state index contributed by atoms with van der Waals surface area (Å²) < 4.78 is 32.0. The van der Waals surface area contributed by atoms with Crippen LogP contribution in [-0.4, -0.2) is 22.0 Å². The second-order valence-corrected chi connectivity index (χ2v) is 5.81. The third-order valence-electron chi connectivity index (χ3n) is 3.82. The number of para-hydroxylation sites is 1. The fourth-order valence-corrected chi connectivity index (χ4v) is 2.38. The molecule has 0 fully saturated rings. The molecule has 1 atom stereocenters. The zero-order chi connectivity index (χ0) is 19.2. The number of hydrogen-bond acceptors (Lipinski definition) is 4. The summed E-state index contributed by atoms with van der Waals surface area (Å²) in [6.07, 6.45) is 0.500. The van der Waals surface area contributed by atoms with E-state index in [0.29, 0.717) is 11.4 Å². The van der Waals surface area contributed by atoms with E-state index in [2.05, 4.69) is 15.3 Å². The fourth-order valence-electron chi connectivity index (χ4n) is 2.38. The van der Waals surface area contributed by atoms with Crippen LogP contribution in [-0.2, 0) is 11.3 Å². The van der Waals surface area contributed by atoms with Gasteiger partial charge in [0.15, 0.2) is 17.7 Å². The Morgan fingerprint density at radius 3 is 2.59 bits per heavy atom. The summed E-state index contributed by atoms with van der Waals surface area (Å²) in [4.78, 5) is 20.4. The molecule has 0 saturated heterocycles. The first-order valence-corrected chi connectivity index (χ1v) is 8.28. The van der Waals surface area contributed by atoms with Crippen molar-refractivity contribution in [1.82, 2.24) is 15.3 Å². The number of ether oxygens (including phenoxy) is 1. The van der Waals surface area contributed by atoms with Crippen molar-refractivity contribution in [3.8, 4) is 17.0 Å². The molecule has 0 aliphatic carbocycles. The minimum Gasteiger partial charge on any atom is -0.478 e. The van der Waals surface area contributed by atoms with E-state index in [9.17, 15) is 13.6 Å². The van der Waals surface area contributed by atoms with Crippen LogP contribution < -0.4 is 10.1 Å². The number of rotatable bonds is 6. The molecule has 1 aromatic heterocycles. The Kier molecular flexibility index (Phi) is 5.71. The summed E-state index contributed by atoms with van der Waals surface area (Å²) in [5.74, 6) is -1.25. The third-order valence-corrected chi connectivity index (χ3v) is 3.82. The van der Waals surface area contributed by atoms with Crippen molar-refractivity contribution in [3.05, 3.63) is 78.3 Å². The number of halogens is 2. The van der Waals surface area contributed by atoms with E-state index < -0.39 is 17.8 Å². The molecule has 2 aromatic carbocycles. The largest absolute Gasteiger partial charge is 0.478 e. The van der Waals surface area contributed by atoms with Crippen LogP contribution in [0.5, 0.6) is 5.75 Å². The maximum atomic E-state index is 13.6. The van der Waals surface area contributed by atoms with E-state index >= 15 is 0 Å². The van der Waals surface area contributed by atoms with Crippen LogP contribution in [0, 0.1) is 11.6 Å². The predicted octanol–water partition coefficient (Wildman–Crippen LogP) is 3.51. The van der Waals surface area contributed by atoms with Gasteiger partial charge in [-0.15, -0.1) is 0 Å². The van der Waals surface area contributed by atoms with Crippen LogP contribution in [0.2, 0.25) is 0 Å². The van der Waals surface area contributed by atoms with Gasteiger partial charge >= 0.3 is 0 Å². The molecular weight excluding hydrogens is 352 g/mol. The highest BCUT2D eigenvalue weighted by molar-refractivity contribution is 5.80. The van der Waals surface area contributed by atoms with Crippen molar-refractivity contribution in [3.63, 3.8) is 0 Å². The van der Waals surface area contributed by atoms with Crippen molar-refractivity contribution in [2.24, 2.45) is 0 Å². The van der Waals surface area contributed by atoms with Crippen molar-refractivity contribution in [2.45, 2.75) is 19.6 Å². The van der Waals surface area contributed by atoms with Gasteiger partial charge in [-0.05, 0) is 49.4 Å². The number of hydrogen-bond donors (Lipinski definition) is 1. The standard InChI is InChI=1S/C20H17F2N3O2/c1-13(27-19-5-3-2-4-17(19)22)20(26)23-11-16-10-18(25-12-24-16)14-6-8-15(21)9-7-14/h2-10,12-13H,11H2,1H3,(H,23,26). The van der Waals surface area contributed by atoms with Crippen molar-refractivity contribution < 1.29 is 18.3 Å². The van der Waals surface area contributed by atoms with Crippen LogP contribution in [0.25, 0.3) is 11.3 Å². The average molecular weight is 369 g/mol. The molecule has 0 spiro atoms. The molecule has 0 bridgehead atoms. The van der Waals surface area contributed by atoms with E-state index in [0.717, 1.165) is 5.56 Å². The fraction of sp³-hybridized carbons (Fsp3) is 0.150. The third kappa shape index (κ3) is 4.84. The normalized spacial score (nSPS) is 11.7. The van der Waals surface area contributed by atoms with Crippen LogP contribution in [0.15, 0.2) is 60.9 Å². The maximum absolute atomic E-state index is 13.6. The first-order valence-electron chi connectivity index (χ1n) is 8.28. The number of benzene rings is 2. The minimum absolute atomic E-state index is 0.0146. The Bertz CT molecular complexity index is 933. The van der Waals surface area contributed by atoms with Gasteiger partial charge in [0.05, 0.1) is 17.9 Å². The van der Waals surface area contributed by atoms with Gasteiger partial charge in [0.1, 0.15) is 12.1 Å². The Hall–Kier alpha value is -3.35. The molecule has 0 saturated carbocycles. The van der Waals surface area contributed by atoms with Crippen LogP contribution in [0.1, 0.15) is 12.6 Å². The lowest BCUT2D eigenvalue weighted by molar-refractivity contribution is -0.127. The summed E-state index contributed by atoms with van der Waals surface area (Å²) in [6, 6.07) is 13.5. The summed E-state index contributed by atoms with van der Waals surface area (Å²) >= 11 is 0. The van der Waals surface area contributed by atoms with Crippen molar-refractivity contribution in [2.75, 3.05) is 0 Å². The van der Waals surface area contributed by atoms with Gasteiger partial charge in [0.25, 0.3) is 5.91 Å². The minimum atomic E-state index is -0.875. The first-order chi connectivity index (χ1) is 13.0. The van der Waals surface area contributed by atoms with E-state index in [4.69, 9.17) is 4.74 Å². The number of nitrogens with zero attached hydrogens (tertiary/aromatic N) is 2. The maximum Gasteiger partial charge on any atom is 0.261 e. The molecule has 3 aromatic rings. The highest BCUT2D eigenvalue weighted by Crippen LogP contribution is 2.18. The van der Waals surface area contributed by atoms with Gasteiger partial charge in [0, 0.05) is 5.56 Å². The van der Waals surface area contributed by atoms with Gasteiger partial charge in [-0.25, -0.2) is 18.7 Å². The number of carbonyl (C=O) groups excluding carboxylic acids is 1. The van der Waals surface area contributed by atoms with Crippen LogP contribution in [0.3, 0.4) is 0 Å². The van der Waals surface area contributed by atoms with Crippen molar-refractivity contribution in [1.29, 1.82) is 0 Å². The average Bonchev–Trinajstić information content (AvgIpc) is 2.68. The van der Waals surface area contributed by atoms with Gasteiger partial charge in [-0.1, -0.05) is 12.1 Å². The molecular formula is C20H17F2N3O2. The lowest BCUT2D eigenvalue weighted by Crippen LogP contribution is -2.36. The summed E-state index contributed by atoms with van der Waals surface area (Å²) in [7, 11) is 0. The molecule has 138 valence electrons. The lowest BCUT2D eigenvalue weighted by atomic mass is 10.1. The van der Waals surface area contributed by atoms with Gasteiger partial charge in [-0.3, -0.25) is 4.79 Å². The quantitative estimate of drug-likeness (QED) is 0.722. The molecule has 27 heavy (non-hydrogen) atoms. The van der Waals surface area contributed by atoms with Crippen LogP contribution in [0.4, 0.5) is 8.78 Å². The summed E-state index contributed by atoms with van der Waals surface area (Å²) in [5.41, 5.74) is 1.93. The lowest BCUT2D eigenvalue weighted by Gasteiger charge is -2.15. The Morgan fingerprint density at radius 1 is 1.11 bits per heavy atom. The number of aromatic nitrogens is 2. The zero-order valence-electron chi connectivity index (χ0n) is 14.5. The molecule has 0 radical (unpaired) electrons. The monoisotopic (exact) mass is 369 g/mol. The first kappa shape index (κ1) is 18.4. The molecule has 7 heteroatoms. The van der Waals surface area contributed by atoms with Crippen molar-refractivity contribution >= 4 is 5.91 Å². The molecule has 1 N–H and O–H groups in total. The Morgan fingerprint density at radius 2 is 1.85 bits per heavy atom. The molecule has 0 aliphatic rings. The number of amides is 1. The molecule has 1 heterocycles. The Labute approximate surface area is 155 Å². The smallest absolute Gasteiger partial charge is 0.261 e. The van der Waals surface area contributed by atoms with E-state index in [1.807, 2.05) is 0 Å². The highest BCUT2D eigenvalue weighted by Gasteiger charge is 2.16. The predicted molar refractivity (Wildman–Crippen MR) is 95.8 cm³/mol. The Balaban J connectivity index is 1.61. The van der Waals surface area contributed by atoms with E-state index in [-0.39, 0.29) is 18.1 Å². The molecule has 0 aliphatic heterocycles. The van der Waals surface area contributed by atoms with Gasteiger partial charge < -0.3 is 10.1 Å². The second kappa shape index (κ2) is 8.35. The molecule has 3 rings (SSSR count). The van der Waals surface area contributed by atoms with Crippen LogP contribution >= 0.6 is 0 Å². The SMILES string of the molecule is CC(Oc1ccccc1F)C(=O)NCc1cc(-c2ccc(F)cc2)ncn1. The highest BCUT2D eigenvalue weighted by atomic mass is 19.1. The topological polar surface area (TPSA) is 64.1 Å². The number of nitrogens with one attached hydrogen (secondary N) is 1. The molecule has 5 nitrogen and oxygen atoms in total. The molecule has 1 unspecified atom stereocenters. The van der Waals surface area contributed by atoms with E-state index in [1.165, 1.54) is 37.5 Å².